The Morgan fingerprint density at radius 3 is 2.69 bits per heavy atom. The second-order valence-electron chi connectivity index (χ2n) is 4.14. The Bertz CT molecular complexity index is 427. The van der Waals surface area contributed by atoms with Crippen molar-refractivity contribution in [3.8, 4) is 11.5 Å². The molecule has 5 N–H and O–H groups in total. The van der Waals surface area contributed by atoms with E-state index in [1.165, 1.54) is 18.2 Å². The second-order valence-corrected chi connectivity index (χ2v) is 4.14. The minimum Gasteiger partial charge on any atom is -0.508 e. The molecule has 0 aromatic heterocycles. The topological polar surface area (TPSA) is 95.6 Å². The van der Waals surface area contributed by atoms with Gasteiger partial charge in [0.15, 0.2) is 0 Å². The van der Waals surface area contributed by atoms with Crippen molar-refractivity contribution >= 4 is 5.91 Å². The summed E-state index contributed by atoms with van der Waals surface area (Å²) in [6.07, 6.45) is 1.71. The number of hydrogen-bond acceptors (Lipinski definition) is 4. The Kier molecular flexibility index (Phi) is 2.47. The lowest BCUT2D eigenvalue weighted by Crippen LogP contribution is -2.42. The zero-order valence-corrected chi connectivity index (χ0v) is 8.73. The van der Waals surface area contributed by atoms with Crippen molar-refractivity contribution in [3.63, 3.8) is 0 Å². The number of nitrogens with two attached hydrogens (primary N) is 1. The largest absolute Gasteiger partial charge is 0.508 e. The van der Waals surface area contributed by atoms with Crippen LogP contribution in [0.5, 0.6) is 11.5 Å². The van der Waals surface area contributed by atoms with Gasteiger partial charge in [-0.1, -0.05) is 0 Å². The standard InChI is InChI=1S/C11H14N2O3/c12-6-11(3-4-11)13-10(16)8-5-7(14)1-2-9(8)15/h1-2,5,14-15H,3-4,6,12H2,(H,13,16). The summed E-state index contributed by atoms with van der Waals surface area (Å²) >= 11 is 0. The molecule has 1 fully saturated rings. The van der Waals surface area contributed by atoms with Crippen LogP contribution in [0.15, 0.2) is 18.2 Å². The number of aromatic hydroxyl groups is 2. The van der Waals surface area contributed by atoms with Crippen LogP contribution in [-0.2, 0) is 0 Å². The number of nitrogens with one attached hydrogen (secondary N) is 1. The first-order chi connectivity index (χ1) is 7.56. The molecular weight excluding hydrogens is 208 g/mol. The number of phenolic OH excluding ortho intramolecular Hbond substituents is 2. The van der Waals surface area contributed by atoms with Gasteiger partial charge in [-0.3, -0.25) is 4.79 Å². The predicted molar refractivity (Wildman–Crippen MR) is 58.3 cm³/mol. The van der Waals surface area contributed by atoms with Gasteiger partial charge >= 0.3 is 0 Å². The van der Waals surface area contributed by atoms with Gasteiger partial charge in [-0.05, 0) is 31.0 Å². The van der Waals surface area contributed by atoms with Crippen molar-refractivity contribution in [2.24, 2.45) is 5.73 Å². The SMILES string of the molecule is NCC1(NC(=O)c2cc(O)ccc2O)CC1. The third kappa shape index (κ3) is 1.94. The third-order valence-corrected chi connectivity index (χ3v) is 2.85. The Hall–Kier alpha value is -1.75. The van der Waals surface area contributed by atoms with E-state index in [4.69, 9.17) is 5.73 Å². The molecule has 1 aromatic carbocycles. The maximum absolute atomic E-state index is 11.8. The van der Waals surface area contributed by atoms with Crippen molar-refractivity contribution in [1.82, 2.24) is 5.32 Å². The summed E-state index contributed by atoms with van der Waals surface area (Å²) < 4.78 is 0. The first kappa shape index (κ1) is 10.8. The van der Waals surface area contributed by atoms with E-state index in [0.717, 1.165) is 12.8 Å². The fourth-order valence-corrected chi connectivity index (χ4v) is 1.55. The Morgan fingerprint density at radius 1 is 1.44 bits per heavy atom. The number of amides is 1. The first-order valence-electron chi connectivity index (χ1n) is 5.11. The van der Waals surface area contributed by atoms with E-state index >= 15 is 0 Å². The normalized spacial score (nSPS) is 16.8. The molecule has 1 aromatic rings. The molecule has 1 aliphatic carbocycles. The highest BCUT2D eigenvalue weighted by Gasteiger charge is 2.42. The van der Waals surface area contributed by atoms with Gasteiger partial charge in [-0.25, -0.2) is 0 Å². The lowest BCUT2D eigenvalue weighted by Gasteiger charge is -2.15. The van der Waals surface area contributed by atoms with Gasteiger partial charge in [0.1, 0.15) is 11.5 Å². The lowest BCUT2D eigenvalue weighted by atomic mass is 10.1. The zero-order chi connectivity index (χ0) is 11.8. The van der Waals surface area contributed by atoms with E-state index in [1.54, 1.807) is 0 Å². The molecule has 5 heteroatoms. The molecule has 0 atom stereocenters. The summed E-state index contributed by atoms with van der Waals surface area (Å²) in [5, 5.41) is 21.5. The van der Waals surface area contributed by atoms with Gasteiger partial charge in [0.2, 0.25) is 0 Å². The van der Waals surface area contributed by atoms with Crippen LogP contribution in [0.25, 0.3) is 0 Å². The maximum Gasteiger partial charge on any atom is 0.255 e. The number of benzene rings is 1. The van der Waals surface area contributed by atoms with E-state index in [1.807, 2.05) is 0 Å². The number of carbonyl (C=O) groups is 1. The summed E-state index contributed by atoms with van der Waals surface area (Å²) in [4.78, 5) is 11.8. The summed E-state index contributed by atoms with van der Waals surface area (Å²) in [5.41, 5.74) is 5.30. The quantitative estimate of drug-likeness (QED) is 0.554. The summed E-state index contributed by atoms with van der Waals surface area (Å²) in [6, 6.07) is 3.84. The molecule has 0 aliphatic heterocycles. The third-order valence-electron chi connectivity index (χ3n) is 2.85. The molecule has 0 spiro atoms. The molecule has 0 bridgehead atoms. The Labute approximate surface area is 92.9 Å². The molecule has 16 heavy (non-hydrogen) atoms. The van der Waals surface area contributed by atoms with Crippen LogP contribution in [0.1, 0.15) is 23.2 Å². The first-order valence-corrected chi connectivity index (χ1v) is 5.11. The summed E-state index contributed by atoms with van der Waals surface area (Å²) in [6.45, 7) is 0.387. The summed E-state index contributed by atoms with van der Waals surface area (Å²) in [7, 11) is 0. The highest BCUT2D eigenvalue weighted by molar-refractivity contribution is 5.97. The van der Waals surface area contributed by atoms with Gasteiger partial charge in [0, 0.05) is 6.54 Å². The maximum atomic E-state index is 11.8. The molecular formula is C11H14N2O3. The zero-order valence-electron chi connectivity index (χ0n) is 8.73. The number of rotatable bonds is 3. The molecule has 0 heterocycles. The average Bonchev–Trinajstić information content (AvgIpc) is 3.02. The van der Waals surface area contributed by atoms with Gasteiger partial charge in [-0.2, -0.15) is 0 Å². The van der Waals surface area contributed by atoms with Gasteiger partial charge in [0.25, 0.3) is 5.91 Å². The predicted octanol–water partition coefficient (Wildman–Crippen LogP) is 0.319. The van der Waals surface area contributed by atoms with Crippen LogP contribution in [0.2, 0.25) is 0 Å². The fraction of sp³-hybridized carbons (Fsp3) is 0.364. The lowest BCUT2D eigenvalue weighted by molar-refractivity contribution is 0.0930. The Morgan fingerprint density at radius 2 is 2.12 bits per heavy atom. The van der Waals surface area contributed by atoms with Crippen LogP contribution in [-0.4, -0.2) is 28.2 Å². The number of carbonyl (C=O) groups excluding carboxylic acids is 1. The van der Waals surface area contributed by atoms with Crippen LogP contribution in [0.3, 0.4) is 0 Å². The molecule has 2 rings (SSSR count). The van der Waals surface area contributed by atoms with Crippen molar-refractivity contribution < 1.29 is 15.0 Å². The van der Waals surface area contributed by atoms with Gasteiger partial charge in [0.05, 0.1) is 11.1 Å². The fourth-order valence-electron chi connectivity index (χ4n) is 1.55. The molecule has 1 aliphatic rings. The smallest absolute Gasteiger partial charge is 0.255 e. The molecule has 1 saturated carbocycles. The van der Waals surface area contributed by atoms with Crippen LogP contribution < -0.4 is 11.1 Å². The Balaban J connectivity index is 2.17. The molecule has 0 radical (unpaired) electrons. The number of hydrogen-bond donors (Lipinski definition) is 4. The van der Waals surface area contributed by atoms with Crippen molar-refractivity contribution in [2.75, 3.05) is 6.54 Å². The molecule has 86 valence electrons. The van der Waals surface area contributed by atoms with E-state index in [2.05, 4.69) is 5.32 Å². The molecule has 1 amide bonds. The van der Waals surface area contributed by atoms with E-state index in [-0.39, 0.29) is 22.6 Å². The minimum atomic E-state index is -0.406. The second kappa shape index (κ2) is 3.68. The van der Waals surface area contributed by atoms with Gasteiger partial charge < -0.3 is 21.3 Å². The number of phenols is 2. The van der Waals surface area contributed by atoms with Crippen LogP contribution in [0, 0.1) is 0 Å². The molecule has 5 nitrogen and oxygen atoms in total. The monoisotopic (exact) mass is 222 g/mol. The highest BCUT2D eigenvalue weighted by Crippen LogP contribution is 2.35. The van der Waals surface area contributed by atoms with Crippen molar-refractivity contribution in [2.45, 2.75) is 18.4 Å². The molecule has 0 saturated heterocycles. The van der Waals surface area contributed by atoms with Crippen molar-refractivity contribution in [3.05, 3.63) is 23.8 Å². The van der Waals surface area contributed by atoms with Crippen LogP contribution >= 0.6 is 0 Å². The highest BCUT2D eigenvalue weighted by atomic mass is 16.3. The average molecular weight is 222 g/mol. The summed E-state index contributed by atoms with van der Waals surface area (Å²) in [5.74, 6) is -0.611. The van der Waals surface area contributed by atoms with Crippen LogP contribution in [0.4, 0.5) is 0 Å². The van der Waals surface area contributed by atoms with E-state index in [9.17, 15) is 15.0 Å². The molecule has 0 unspecified atom stereocenters. The van der Waals surface area contributed by atoms with Crippen molar-refractivity contribution in [1.29, 1.82) is 0 Å². The minimum absolute atomic E-state index is 0.0551. The van der Waals surface area contributed by atoms with E-state index in [0.29, 0.717) is 6.54 Å². The van der Waals surface area contributed by atoms with E-state index < -0.39 is 5.91 Å². The van der Waals surface area contributed by atoms with Gasteiger partial charge in [-0.15, -0.1) is 0 Å².